The number of hydrogen-bond acceptors (Lipinski definition) is 4. The summed E-state index contributed by atoms with van der Waals surface area (Å²) >= 11 is 0. The molecule has 4 heteroatoms. The molecule has 108 valence electrons. The topological polar surface area (TPSA) is 44.8 Å². The maximum absolute atomic E-state index is 12.4. The molecule has 0 radical (unpaired) electrons. The minimum atomic E-state index is 0.0245. The molecule has 0 unspecified atom stereocenters. The van der Waals surface area contributed by atoms with Crippen molar-refractivity contribution in [3.63, 3.8) is 0 Å². The maximum atomic E-state index is 12.4. The van der Waals surface area contributed by atoms with Crippen LogP contribution in [0.15, 0.2) is 42.5 Å². The molecule has 0 aromatic heterocycles. The molecule has 0 saturated carbocycles. The van der Waals surface area contributed by atoms with Crippen molar-refractivity contribution < 1.29 is 19.0 Å². The highest BCUT2D eigenvalue weighted by molar-refractivity contribution is 5.98. The van der Waals surface area contributed by atoms with Crippen LogP contribution in [-0.2, 0) is 6.42 Å². The van der Waals surface area contributed by atoms with Crippen LogP contribution in [0.25, 0.3) is 0 Å². The minimum absolute atomic E-state index is 0.0245. The third kappa shape index (κ3) is 2.84. The van der Waals surface area contributed by atoms with E-state index in [1.807, 2.05) is 24.3 Å². The normalized spacial score (nSPS) is 12.8. The van der Waals surface area contributed by atoms with Crippen molar-refractivity contribution in [1.29, 1.82) is 0 Å². The molecule has 2 aromatic carbocycles. The van der Waals surface area contributed by atoms with Crippen molar-refractivity contribution >= 4 is 5.78 Å². The van der Waals surface area contributed by atoms with Gasteiger partial charge in [-0.3, -0.25) is 4.79 Å². The molecule has 0 fully saturated rings. The molecule has 0 saturated heterocycles. The third-order valence-electron chi connectivity index (χ3n) is 3.41. The Hall–Kier alpha value is -2.49. The number of carbonyl (C=O) groups excluding carboxylic acids is 1. The van der Waals surface area contributed by atoms with Gasteiger partial charge in [-0.25, -0.2) is 0 Å². The molecule has 0 spiro atoms. The third-order valence-corrected chi connectivity index (χ3v) is 3.41. The molecule has 0 amide bonds. The fraction of sp³-hybridized carbons (Fsp3) is 0.235. The number of carbonyl (C=O) groups is 1. The van der Waals surface area contributed by atoms with E-state index in [0.29, 0.717) is 36.7 Å². The van der Waals surface area contributed by atoms with Gasteiger partial charge in [0.05, 0.1) is 7.11 Å². The van der Waals surface area contributed by atoms with Crippen LogP contribution in [0, 0.1) is 0 Å². The average Bonchev–Trinajstić information content (AvgIpc) is 2.55. The van der Waals surface area contributed by atoms with E-state index in [9.17, 15) is 4.79 Å². The van der Waals surface area contributed by atoms with Crippen LogP contribution < -0.4 is 14.2 Å². The first-order valence-corrected chi connectivity index (χ1v) is 6.82. The van der Waals surface area contributed by atoms with Gasteiger partial charge in [0.1, 0.15) is 19.0 Å². The van der Waals surface area contributed by atoms with Crippen molar-refractivity contribution in [1.82, 2.24) is 0 Å². The highest BCUT2D eigenvalue weighted by atomic mass is 16.6. The fourth-order valence-electron chi connectivity index (χ4n) is 2.34. The number of Topliss-reactive ketones (excluding diaryl/α,β-unsaturated/α-hetero) is 1. The first-order valence-electron chi connectivity index (χ1n) is 6.82. The van der Waals surface area contributed by atoms with E-state index in [1.54, 1.807) is 25.3 Å². The van der Waals surface area contributed by atoms with Crippen LogP contribution in [-0.4, -0.2) is 26.1 Å². The fourth-order valence-corrected chi connectivity index (χ4v) is 2.34. The van der Waals surface area contributed by atoms with Crippen LogP contribution in [0.4, 0.5) is 0 Å². The predicted molar refractivity (Wildman–Crippen MR) is 78.5 cm³/mol. The van der Waals surface area contributed by atoms with E-state index >= 15 is 0 Å². The molecular formula is C17H16O4. The predicted octanol–water partition coefficient (Wildman–Crippen LogP) is 2.89. The summed E-state index contributed by atoms with van der Waals surface area (Å²) in [5.41, 5.74) is 1.49. The zero-order chi connectivity index (χ0) is 14.7. The first kappa shape index (κ1) is 13.5. The van der Waals surface area contributed by atoms with Gasteiger partial charge in [-0.15, -0.1) is 0 Å². The van der Waals surface area contributed by atoms with Gasteiger partial charge in [-0.1, -0.05) is 18.2 Å². The second-order valence-electron chi connectivity index (χ2n) is 4.77. The summed E-state index contributed by atoms with van der Waals surface area (Å²) in [6.45, 7) is 1.05. The van der Waals surface area contributed by atoms with Crippen molar-refractivity contribution in [2.75, 3.05) is 20.3 Å². The molecule has 1 aliphatic rings. The molecule has 2 aromatic rings. The van der Waals surface area contributed by atoms with Crippen LogP contribution >= 0.6 is 0 Å². The summed E-state index contributed by atoms with van der Waals surface area (Å²) in [6.07, 6.45) is 0.295. The number of rotatable bonds is 4. The van der Waals surface area contributed by atoms with Crippen molar-refractivity contribution in [3.05, 3.63) is 53.6 Å². The summed E-state index contributed by atoms with van der Waals surface area (Å²) < 4.78 is 16.2. The van der Waals surface area contributed by atoms with Crippen molar-refractivity contribution in [2.24, 2.45) is 0 Å². The monoisotopic (exact) mass is 284 g/mol. The Morgan fingerprint density at radius 2 is 1.86 bits per heavy atom. The van der Waals surface area contributed by atoms with Crippen molar-refractivity contribution in [2.45, 2.75) is 6.42 Å². The lowest BCUT2D eigenvalue weighted by molar-refractivity contribution is 0.0991. The smallest absolute Gasteiger partial charge is 0.167 e. The Morgan fingerprint density at radius 3 is 2.67 bits per heavy atom. The number of ether oxygens (including phenoxy) is 3. The maximum Gasteiger partial charge on any atom is 0.167 e. The number of benzene rings is 2. The first-order chi connectivity index (χ1) is 10.3. The summed E-state index contributed by atoms with van der Waals surface area (Å²) in [5, 5.41) is 0. The molecule has 0 N–H and O–H groups in total. The van der Waals surface area contributed by atoms with Gasteiger partial charge in [0.2, 0.25) is 0 Å². The number of para-hydroxylation sites is 1. The lowest BCUT2D eigenvalue weighted by atomic mass is 10.0. The Bertz CT molecular complexity index is 664. The Balaban J connectivity index is 1.82. The average molecular weight is 284 g/mol. The molecule has 1 aliphatic heterocycles. The zero-order valence-electron chi connectivity index (χ0n) is 11.8. The zero-order valence-corrected chi connectivity index (χ0v) is 11.8. The SMILES string of the molecule is COc1ccccc1CC(=O)c1ccc2c(c1)OCCO2. The van der Waals surface area contributed by atoms with Gasteiger partial charge in [-0.2, -0.15) is 0 Å². The summed E-state index contributed by atoms with van der Waals surface area (Å²) in [4.78, 5) is 12.4. The van der Waals surface area contributed by atoms with E-state index in [0.717, 1.165) is 11.3 Å². The second kappa shape index (κ2) is 5.87. The summed E-state index contributed by atoms with van der Waals surface area (Å²) in [5.74, 6) is 2.07. The number of hydrogen-bond donors (Lipinski definition) is 0. The van der Waals surface area contributed by atoms with Crippen LogP contribution in [0.5, 0.6) is 17.2 Å². The van der Waals surface area contributed by atoms with Crippen LogP contribution in [0.2, 0.25) is 0 Å². The molecule has 0 bridgehead atoms. The minimum Gasteiger partial charge on any atom is -0.496 e. The van der Waals surface area contributed by atoms with E-state index in [4.69, 9.17) is 14.2 Å². The Kier molecular flexibility index (Phi) is 3.77. The lowest BCUT2D eigenvalue weighted by Crippen LogP contribution is -2.16. The number of fused-ring (bicyclic) bond motifs is 1. The Morgan fingerprint density at radius 1 is 1.10 bits per heavy atom. The molecule has 1 heterocycles. The van der Waals surface area contributed by atoms with E-state index in [2.05, 4.69) is 0 Å². The molecule has 0 aliphatic carbocycles. The summed E-state index contributed by atoms with van der Waals surface area (Å²) in [7, 11) is 1.60. The quantitative estimate of drug-likeness (QED) is 0.810. The highest BCUT2D eigenvalue weighted by Crippen LogP contribution is 2.31. The van der Waals surface area contributed by atoms with Gasteiger partial charge in [0.25, 0.3) is 0 Å². The Labute approximate surface area is 123 Å². The van der Waals surface area contributed by atoms with Gasteiger partial charge in [0.15, 0.2) is 17.3 Å². The standard InChI is InChI=1S/C17H16O4/c1-19-15-5-3-2-4-13(15)10-14(18)12-6-7-16-17(11-12)21-9-8-20-16/h2-7,11H,8-10H2,1H3. The van der Waals surface area contributed by atoms with Gasteiger partial charge < -0.3 is 14.2 Å². The molecule has 4 nitrogen and oxygen atoms in total. The van der Waals surface area contributed by atoms with Crippen molar-refractivity contribution in [3.8, 4) is 17.2 Å². The highest BCUT2D eigenvalue weighted by Gasteiger charge is 2.16. The molecule has 3 rings (SSSR count). The van der Waals surface area contributed by atoms with E-state index < -0.39 is 0 Å². The molecular weight excluding hydrogens is 268 g/mol. The second-order valence-corrected chi connectivity index (χ2v) is 4.77. The van der Waals surface area contributed by atoms with Gasteiger partial charge in [-0.05, 0) is 24.3 Å². The van der Waals surface area contributed by atoms with Gasteiger partial charge >= 0.3 is 0 Å². The largest absolute Gasteiger partial charge is 0.496 e. The molecule has 0 atom stereocenters. The number of ketones is 1. The van der Waals surface area contributed by atoms with E-state index in [1.165, 1.54) is 0 Å². The van der Waals surface area contributed by atoms with Crippen LogP contribution in [0.1, 0.15) is 15.9 Å². The lowest BCUT2D eigenvalue weighted by Gasteiger charge is -2.18. The van der Waals surface area contributed by atoms with Crippen LogP contribution in [0.3, 0.4) is 0 Å². The molecule has 21 heavy (non-hydrogen) atoms. The van der Waals surface area contributed by atoms with Gasteiger partial charge in [0, 0.05) is 17.5 Å². The van der Waals surface area contributed by atoms with E-state index in [-0.39, 0.29) is 5.78 Å². The summed E-state index contributed by atoms with van der Waals surface area (Å²) in [6, 6.07) is 12.8. The number of methoxy groups -OCH3 is 1.